The molecule has 2 heteroatoms. The molecule has 1 aromatic rings. The second-order valence-corrected chi connectivity index (χ2v) is 3.52. The molecule has 0 spiro atoms. The normalized spacial score (nSPS) is 11.8. The molecule has 1 atom stereocenters. The molecule has 2 nitrogen and oxygen atoms in total. The second kappa shape index (κ2) is 6.10. The third kappa shape index (κ3) is 4.05. The van der Waals surface area contributed by atoms with Crippen LogP contribution in [0.2, 0.25) is 0 Å². The highest BCUT2D eigenvalue weighted by Gasteiger charge is 2.00. The minimum absolute atomic E-state index is 0.0410. The number of hydrogen-bond acceptors (Lipinski definition) is 2. The molecule has 0 saturated heterocycles. The summed E-state index contributed by atoms with van der Waals surface area (Å²) in [5, 5.41) is 0. The van der Waals surface area contributed by atoms with Crippen LogP contribution >= 0.6 is 0 Å². The lowest BCUT2D eigenvalue weighted by molar-refractivity contribution is 0.312. The lowest BCUT2D eigenvalue weighted by Crippen LogP contribution is -2.05. The topological polar surface area (TPSA) is 35.2 Å². The van der Waals surface area contributed by atoms with E-state index in [-0.39, 0.29) is 6.04 Å². The van der Waals surface area contributed by atoms with Crippen LogP contribution in [0.25, 0.3) is 0 Å². The number of hydrogen-bond donors (Lipinski definition) is 1. The van der Waals surface area contributed by atoms with E-state index in [0.717, 1.165) is 24.2 Å². The molecule has 1 aromatic carbocycles. The largest absolute Gasteiger partial charge is 0.494 e. The molecule has 1 rings (SSSR count). The zero-order chi connectivity index (χ0) is 11.1. The highest BCUT2D eigenvalue weighted by Crippen LogP contribution is 2.17. The van der Waals surface area contributed by atoms with Crippen LogP contribution in [-0.4, -0.2) is 6.61 Å². The van der Waals surface area contributed by atoms with E-state index in [2.05, 4.69) is 5.92 Å². The predicted molar refractivity (Wildman–Crippen MR) is 62.6 cm³/mol. The maximum Gasteiger partial charge on any atom is 0.119 e. The Kier molecular flexibility index (Phi) is 4.73. The molecule has 0 aliphatic carbocycles. The van der Waals surface area contributed by atoms with Crippen molar-refractivity contribution in [3.63, 3.8) is 0 Å². The van der Waals surface area contributed by atoms with E-state index in [0.29, 0.717) is 6.61 Å². The van der Waals surface area contributed by atoms with Gasteiger partial charge in [0.2, 0.25) is 0 Å². The monoisotopic (exact) mass is 203 g/mol. The number of nitrogens with two attached hydrogens (primary N) is 1. The quantitative estimate of drug-likeness (QED) is 0.589. The van der Waals surface area contributed by atoms with Gasteiger partial charge in [0.1, 0.15) is 5.75 Å². The van der Waals surface area contributed by atoms with Gasteiger partial charge >= 0.3 is 0 Å². The van der Waals surface area contributed by atoms with Crippen LogP contribution in [-0.2, 0) is 0 Å². The fourth-order valence-corrected chi connectivity index (χ4v) is 1.25. The van der Waals surface area contributed by atoms with Crippen LogP contribution in [0.15, 0.2) is 24.3 Å². The molecule has 2 N–H and O–H groups in total. The van der Waals surface area contributed by atoms with Crippen molar-refractivity contribution in [2.45, 2.75) is 25.8 Å². The van der Waals surface area contributed by atoms with Gasteiger partial charge in [-0.25, -0.2) is 0 Å². The Hall–Kier alpha value is -1.46. The molecule has 0 aliphatic heterocycles. The van der Waals surface area contributed by atoms with Crippen LogP contribution in [0.1, 0.15) is 31.4 Å². The zero-order valence-corrected chi connectivity index (χ0v) is 9.07. The Morgan fingerprint density at radius 2 is 2.33 bits per heavy atom. The van der Waals surface area contributed by atoms with Gasteiger partial charge in [-0.15, -0.1) is 12.3 Å². The first-order valence-corrected chi connectivity index (χ1v) is 5.16. The number of benzene rings is 1. The summed E-state index contributed by atoms with van der Waals surface area (Å²) in [6.07, 6.45) is 6.79. The van der Waals surface area contributed by atoms with Gasteiger partial charge in [0.25, 0.3) is 0 Å². The summed E-state index contributed by atoms with van der Waals surface area (Å²) >= 11 is 0. The van der Waals surface area contributed by atoms with Gasteiger partial charge in [-0.2, -0.15) is 0 Å². The van der Waals surface area contributed by atoms with Gasteiger partial charge in [0.15, 0.2) is 0 Å². The first-order valence-electron chi connectivity index (χ1n) is 5.16. The summed E-state index contributed by atoms with van der Waals surface area (Å²) in [4.78, 5) is 0. The van der Waals surface area contributed by atoms with Crippen molar-refractivity contribution in [1.82, 2.24) is 0 Å². The van der Waals surface area contributed by atoms with Gasteiger partial charge in [0, 0.05) is 12.5 Å². The second-order valence-electron chi connectivity index (χ2n) is 3.52. The van der Waals surface area contributed by atoms with Crippen LogP contribution in [0, 0.1) is 12.3 Å². The molecule has 80 valence electrons. The Morgan fingerprint density at radius 3 is 3.00 bits per heavy atom. The molecule has 0 aromatic heterocycles. The summed E-state index contributed by atoms with van der Waals surface area (Å²) in [5.41, 5.74) is 6.86. The van der Waals surface area contributed by atoms with E-state index in [1.54, 1.807) is 0 Å². The fraction of sp³-hybridized carbons (Fsp3) is 0.385. The molecule has 0 amide bonds. The van der Waals surface area contributed by atoms with Crippen molar-refractivity contribution in [1.29, 1.82) is 0 Å². The van der Waals surface area contributed by atoms with Crippen LogP contribution < -0.4 is 10.5 Å². The van der Waals surface area contributed by atoms with Gasteiger partial charge < -0.3 is 10.5 Å². The molecular weight excluding hydrogens is 186 g/mol. The Labute approximate surface area is 91.4 Å². The first-order chi connectivity index (χ1) is 7.24. The predicted octanol–water partition coefficient (Wildman–Crippen LogP) is 2.50. The summed E-state index contributed by atoms with van der Waals surface area (Å²) in [5.74, 6) is 3.45. The molecule has 0 saturated carbocycles. The maximum absolute atomic E-state index is 5.78. The SMILES string of the molecule is C#CCCCOc1cccc([C@H](C)N)c1. The minimum Gasteiger partial charge on any atom is -0.494 e. The lowest BCUT2D eigenvalue weighted by Gasteiger charge is -2.09. The van der Waals surface area contributed by atoms with E-state index < -0.39 is 0 Å². The van der Waals surface area contributed by atoms with E-state index in [1.165, 1.54) is 0 Å². The number of ether oxygens (including phenoxy) is 1. The summed E-state index contributed by atoms with van der Waals surface area (Å²) in [7, 11) is 0. The standard InChI is InChI=1S/C13H17NO/c1-3-4-5-9-15-13-8-6-7-12(10-13)11(2)14/h1,6-8,10-11H,4-5,9,14H2,2H3/t11-/m0/s1. The summed E-state index contributed by atoms with van der Waals surface area (Å²) < 4.78 is 5.55. The number of unbranched alkanes of at least 4 members (excludes halogenated alkanes) is 1. The Morgan fingerprint density at radius 1 is 1.53 bits per heavy atom. The average Bonchev–Trinajstić information content (AvgIpc) is 2.25. The number of terminal acetylenes is 1. The highest BCUT2D eigenvalue weighted by molar-refractivity contribution is 5.30. The molecule has 0 fully saturated rings. The number of rotatable bonds is 5. The highest BCUT2D eigenvalue weighted by atomic mass is 16.5. The third-order valence-electron chi connectivity index (χ3n) is 2.12. The van der Waals surface area contributed by atoms with Gasteiger partial charge in [-0.05, 0) is 31.0 Å². The maximum atomic E-state index is 5.78. The Balaban J connectivity index is 2.48. The van der Waals surface area contributed by atoms with E-state index in [4.69, 9.17) is 16.9 Å². The van der Waals surface area contributed by atoms with E-state index in [1.807, 2.05) is 31.2 Å². The van der Waals surface area contributed by atoms with Crippen molar-refractivity contribution in [2.24, 2.45) is 5.73 Å². The summed E-state index contributed by atoms with van der Waals surface area (Å²) in [6, 6.07) is 7.90. The third-order valence-corrected chi connectivity index (χ3v) is 2.12. The van der Waals surface area contributed by atoms with Crippen LogP contribution in [0.5, 0.6) is 5.75 Å². The van der Waals surface area contributed by atoms with Crippen molar-refractivity contribution in [2.75, 3.05) is 6.61 Å². The van der Waals surface area contributed by atoms with E-state index >= 15 is 0 Å². The van der Waals surface area contributed by atoms with Crippen molar-refractivity contribution in [3.8, 4) is 18.1 Å². The molecule has 0 bridgehead atoms. The lowest BCUT2D eigenvalue weighted by atomic mass is 10.1. The van der Waals surface area contributed by atoms with Gasteiger partial charge in [0.05, 0.1) is 6.61 Å². The van der Waals surface area contributed by atoms with Gasteiger partial charge in [-0.1, -0.05) is 12.1 Å². The zero-order valence-electron chi connectivity index (χ0n) is 9.07. The Bertz CT molecular complexity index is 339. The van der Waals surface area contributed by atoms with Gasteiger partial charge in [-0.3, -0.25) is 0 Å². The molecular formula is C13H17NO. The van der Waals surface area contributed by atoms with E-state index in [9.17, 15) is 0 Å². The summed E-state index contributed by atoms with van der Waals surface area (Å²) in [6.45, 7) is 2.62. The molecule has 0 radical (unpaired) electrons. The van der Waals surface area contributed by atoms with Crippen molar-refractivity contribution < 1.29 is 4.74 Å². The minimum atomic E-state index is 0.0410. The molecule has 0 heterocycles. The van der Waals surface area contributed by atoms with Crippen molar-refractivity contribution in [3.05, 3.63) is 29.8 Å². The van der Waals surface area contributed by atoms with Crippen LogP contribution in [0.3, 0.4) is 0 Å². The van der Waals surface area contributed by atoms with Crippen molar-refractivity contribution >= 4 is 0 Å². The first kappa shape index (κ1) is 11.6. The van der Waals surface area contributed by atoms with Crippen LogP contribution in [0.4, 0.5) is 0 Å². The average molecular weight is 203 g/mol. The molecule has 15 heavy (non-hydrogen) atoms. The molecule has 0 aliphatic rings. The molecule has 0 unspecified atom stereocenters. The smallest absolute Gasteiger partial charge is 0.119 e. The fourth-order valence-electron chi connectivity index (χ4n) is 1.25.